The van der Waals surface area contributed by atoms with Gasteiger partial charge in [0.25, 0.3) is 5.78 Å². The molecular weight excluding hydrogens is 552 g/mol. The number of unbranched alkanes of at least 4 members (excludes halogenated alkanes) is 2. The molecule has 2 aliphatic heterocycles. The molecule has 0 radical (unpaired) electrons. The fourth-order valence-corrected chi connectivity index (χ4v) is 6.53. The molecule has 1 N–H and O–H groups in total. The first-order valence-corrected chi connectivity index (χ1v) is 15.0. The third-order valence-electron chi connectivity index (χ3n) is 7.59. The first kappa shape index (κ1) is 27.8. The standard InChI is InChI=1S/C33H32N2O6S/c1-4-5-6-14-40-24-9-7-8-20(17-24)29-28(30(36)21-10-13-26-22(16-21)15-19(2)41-26)31(37)32(38)35(29)33-34-25-12-11-23(39-3)18-27(25)42-33/h7-13,16-19,29,36H,4-6,14-15H2,1-3H3/t19-,29-/m0/s1. The van der Waals surface area contributed by atoms with E-state index in [0.717, 1.165) is 35.3 Å². The van der Waals surface area contributed by atoms with E-state index in [1.54, 1.807) is 25.3 Å². The number of methoxy groups -OCH3 is 1. The molecule has 6 rings (SSSR count). The molecule has 8 nitrogen and oxygen atoms in total. The molecule has 1 fully saturated rings. The Bertz CT molecular complexity index is 1710. The summed E-state index contributed by atoms with van der Waals surface area (Å²) in [6.45, 7) is 4.68. The largest absolute Gasteiger partial charge is 0.507 e. The minimum Gasteiger partial charge on any atom is -0.507 e. The Hall–Kier alpha value is -4.37. The molecular formula is C33H32N2O6S. The molecule has 3 heterocycles. The van der Waals surface area contributed by atoms with Crippen LogP contribution in [0.25, 0.3) is 16.0 Å². The van der Waals surface area contributed by atoms with Gasteiger partial charge in [0.2, 0.25) is 0 Å². The fraction of sp³-hybridized carbons (Fsp3) is 0.303. The van der Waals surface area contributed by atoms with E-state index >= 15 is 0 Å². The number of Topliss-reactive ketones (excluding diaryl/α,β-unsaturated/α-hetero) is 1. The van der Waals surface area contributed by atoms with E-state index in [-0.39, 0.29) is 17.4 Å². The normalized spacial score (nSPS) is 19.3. The highest BCUT2D eigenvalue weighted by atomic mass is 32.1. The first-order chi connectivity index (χ1) is 20.4. The molecule has 0 saturated carbocycles. The lowest BCUT2D eigenvalue weighted by Crippen LogP contribution is -2.29. The van der Waals surface area contributed by atoms with Crippen molar-refractivity contribution in [1.29, 1.82) is 0 Å². The van der Waals surface area contributed by atoms with Gasteiger partial charge in [-0.05, 0) is 73.0 Å². The van der Waals surface area contributed by atoms with E-state index in [9.17, 15) is 14.7 Å². The van der Waals surface area contributed by atoms with Gasteiger partial charge in [-0.2, -0.15) is 0 Å². The van der Waals surface area contributed by atoms with E-state index in [4.69, 9.17) is 19.2 Å². The number of hydrogen-bond acceptors (Lipinski definition) is 8. The van der Waals surface area contributed by atoms with Crippen molar-refractivity contribution < 1.29 is 28.9 Å². The second-order valence-electron chi connectivity index (χ2n) is 10.6. The number of fused-ring (bicyclic) bond motifs is 2. The third-order valence-corrected chi connectivity index (χ3v) is 8.61. The quantitative estimate of drug-likeness (QED) is 0.0997. The van der Waals surface area contributed by atoms with Crippen LogP contribution in [0.5, 0.6) is 17.2 Å². The highest BCUT2D eigenvalue weighted by Gasteiger charge is 2.48. The number of ether oxygens (including phenoxy) is 3. The second-order valence-corrected chi connectivity index (χ2v) is 11.6. The van der Waals surface area contributed by atoms with Gasteiger partial charge in [0, 0.05) is 12.0 Å². The maximum Gasteiger partial charge on any atom is 0.301 e. The van der Waals surface area contributed by atoms with Gasteiger partial charge in [0.15, 0.2) is 5.13 Å². The van der Waals surface area contributed by atoms with Crippen molar-refractivity contribution in [1.82, 2.24) is 4.98 Å². The molecule has 2 atom stereocenters. The Kier molecular flexibility index (Phi) is 7.60. The van der Waals surface area contributed by atoms with Gasteiger partial charge in [-0.1, -0.05) is 43.2 Å². The fourth-order valence-electron chi connectivity index (χ4n) is 5.51. The van der Waals surface area contributed by atoms with E-state index in [0.29, 0.717) is 46.3 Å². The van der Waals surface area contributed by atoms with Gasteiger partial charge in [-0.15, -0.1) is 0 Å². The maximum absolute atomic E-state index is 13.7. The summed E-state index contributed by atoms with van der Waals surface area (Å²) < 4.78 is 18.0. The highest BCUT2D eigenvalue weighted by Crippen LogP contribution is 2.45. The lowest BCUT2D eigenvalue weighted by atomic mass is 9.94. The number of anilines is 1. The number of hydrogen-bond donors (Lipinski definition) is 1. The van der Waals surface area contributed by atoms with Crippen molar-refractivity contribution in [3.63, 3.8) is 0 Å². The summed E-state index contributed by atoms with van der Waals surface area (Å²) in [7, 11) is 1.59. The molecule has 3 aromatic carbocycles. The maximum atomic E-state index is 13.7. The number of nitrogens with zero attached hydrogens (tertiary/aromatic N) is 2. The number of aromatic nitrogens is 1. The zero-order chi connectivity index (χ0) is 29.4. The van der Waals surface area contributed by atoms with Crippen LogP contribution in [-0.4, -0.2) is 41.6 Å². The predicted octanol–water partition coefficient (Wildman–Crippen LogP) is 6.82. The van der Waals surface area contributed by atoms with Crippen LogP contribution in [0.1, 0.15) is 55.8 Å². The number of carbonyl (C=O) groups is 2. The van der Waals surface area contributed by atoms with Crippen molar-refractivity contribution in [2.45, 2.75) is 51.7 Å². The van der Waals surface area contributed by atoms with E-state index in [1.807, 2.05) is 49.4 Å². The molecule has 42 heavy (non-hydrogen) atoms. The Morgan fingerprint density at radius 2 is 1.95 bits per heavy atom. The molecule has 1 aromatic heterocycles. The minimum absolute atomic E-state index is 0.00637. The van der Waals surface area contributed by atoms with Crippen LogP contribution in [-0.2, 0) is 16.0 Å². The number of rotatable bonds is 9. The van der Waals surface area contributed by atoms with Crippen LogP contribution in [0.4, 0.5) is 5.13 Å². The molecule has 0 bridgehead atoms. The average Bonchev–Trinajstić information content (AvgIpc) is 3.66. The summed E-state index contributed by atoms with van der Waals surface area (Å²) in [5.74, 6) is 0.300. The predicted molar refractivity (Wildman–Crippen MR) is 163 cm³/mol. The van der Waals surface area contributed by atoms with Crippen LogP contribution >= 0.6 is 11.3 Å². The molecule has 4 aromatic rings. The number of aliphatic hydroxyl groups excluding tert-OH is 1. The molecule has 1 amide bonds. The van der Waals surface area contributed by atoms with Crippen molar-refractivity contribution in [3.05, 3.63) is 82.9 Å². The zero-order valence-electron chi connectivity index (χ0n) is 23.8. The molecule has 1 saturated heterocycles. The number of ketones is 1. The average molecular weight is 585 g/mol. The van der Waals surface area contributed by atoms with Gasteiger partial charge in [0.1, 0.15) is 29.1 Å². The zero-order valence-corrected chi connectivity index (χ0v) is 24.6. The minimum atomic E-state index is -0.907. The summed E-state index contributed by atoms with van der Waals surface area (Å²) in [4.78, 5) is 33.5. The molecule has 2 aliphatic rings. The summed E-state index contributed by atoms with van der Waals surface area (Å²) in [6.07, 6.45) is 3.79. The molecule has 216 valence electrons. The van der Waals surface area contributed by atoms with Gasteiger partial charge in [0.05, 0.1) is 35.5 Å². The summed E-state index contributed by atoms with van der Waals surface area (Å²) >= 11 is 1.29. The van der Waals surface area contributed by atoms with Crippen LogP contribution < -0.4 is 19.1 Å². The molecule has 9 heteroatoms. The van der Waals surface area contributed by atoms with Gasteiger partial charge in [-0.25, -0.2) is 4.98 Å². The Balaban J connectivity index is 1.47. The van der Waals surface area contributed by atoms with Gasteiger partial charge in [-0.3, -0.25) is 14.5 Å². The Morgan fingerprint density at radius 3 is 2.76 bits per heavy atom. The van der Waals surface area contributed by atoms with Crippen molar-refractivity contribution in [2.24, 2.45) is 0 Å². The van der Waals surface area contributed by atoms with Crippen molar-refractivity contribution >= 4 is 44.1 Å². The van der Waals surface area contributed by atoms with Crippen LogP contribution in [0, 0.1) is 0 Å². The number of carbonyl (C=O) groups excluding carboxylic acids is 2. The van der Waals surface area contributed by atoms with Crippen LogP contribution in [0.15, 0.2) is 66.2 Å². The van der Waals surface area contributed by atoms with E-state index in [2.05, 4.69) is 6.92 Å². The number of amides is 1. The van der Waals surface area contributed by atoms with Crippen molar-refractivity contribution in [2.75, 3.05) is 18.6 Å². The molecule has 0 unspecified atom stereocenters. The lowest BCUT2D eigenvalue weighted by Gasteiger charge is -2.23. The number of aliphatic hydroxyl groups is 1. The highest BCUT2D eigenvalue weighted by molar-refractivity contribution is 7.22. The summed E-state index contributed by atoms with van der Waals surface area (Å²) in [6, 6.07) is 17.3. The topological polar surface area (TPSA) is 98.2 Å². The van der Waals surface area contributed by atoms with Crippen molar-refractivity contribution in [3.8, 4) is 17.2 Å². The summed E-state index contributed by atoms with van der Waals surface area (Å²) in [5, 5.41) is 12.0. The molecule has 0 spiro atoms. The second kappa shape index (κ2) is 11.5. The lowest BCUT2D eigenvalue weighted by molar-refractivity contribution is -0.132. The number of thiazole rings is 1. The summed E-state index contributed by atoms with van der Waals surface area (Å²) in [5.41, 5.74) is 2.72. The Morgan fingerprint density at radius 1 is 1.10 bits per heavy atom. The van der Waals surface area contributed by atoms with E-state index < -0.39 is 17.7 Å². The van der Waals surface area contributed by atoms with Crippen LogP contribution in [0.3, 0.4) is 0 Å². The first-order valence-electron chi connectivity index (χ1n) is 14.2. The molecule has 0 aliphatic carbocycles. The Labute approximate surface area is 248 Å². The van der Waals surface area contributed by atoms with E-state index in [1.165, 1.54) is 16.2 Å². The SMILES string of the molecule is CCCCCOc1cccc([C@H]2C(=C(O)c3ccc4c(c3)C[C@H](C)O4)C(=O)C(=O)N2c2nc3ccc(OC)cc3s2)c1. The smallest absolute Gasteiger partial charge is 0.301 e. The van der Waals surface area contributed by atoms with Gasteiger partial charge < -0.3 is 19.3 Å². The monoisotopic (exact) mass is 584 g/mol. The van der Waals surface area contributed by atoms with Gasteiger partial charge >= 0.3 is 5.91 Å². The van der Waals surface area contributed by atoms with Crippen LogP contribution in [0.2, 0.25) is 0 Å². The third kappa shape index (κ3) is 5.09. The number of benzene rings is 3.